The molecule has 15 heavy (non-hydrogen) atoms. The van der Waals surface area contributed by atoms with Crippen LogP contribution in [0.3, 0.4) is 0 Å². The van der Waals surface area contributed by atoms with E-state index in [1.807, 2.05) is 24.3 Å². The van der Waals surface area contributed by atoms with E-state index < -0.39 is 0 Å². The highest BCUT2D eigenvalue weighted by atomic mass is 79.9. The van der Waals surface area contributed by atoms with E-state index in [4.69, 9.17) is 0 Å². The molecular weight excluding hydrogens is 258 g/mol. The Balaban J connectivity index is 2.84. The Morgan fingerprint density at radius 3 is 2.87 bits per heavy atom. The molecule has 0 fully saturated rings. The van der Waals surface area contributed by atoms with Gasteiger partial charge < -0.3 is 4.74 Å². The summed E-state index contributed by atoms with van der Waals surface area (Å²) >= 11 is 3.39. The van der Waals surface area contributed by atoms with Gasteiger partial charge in [-0.15, -0.1) is 0 Å². The number of rotatable bonds is 3. The predicted molar refractivity (Wildman–Crippen MR) is 64.7 cm³/mol. The van der Waals surface area contributed by atoms with Gasteiger partial charge >= 0.3 is 6.09 Å². The number of hydrogen-bond acceptors (Lipinski definition) is 2. The van der Waals surface area contributed by atoms with Gasteiger partial charge in [-0.3, -0.25) is 4.90 Å². The van der Waals surface area contributed by atoms with Crippen molar-refractivity contribution in [3.8, 4) is 0 Å². The molecular formula is C11H14BrNO2. The van der Waals surface area contributed by atoms with Crippen LogP contribution < -0.4 is 4.90 Å². The minimum atomic E-state index is -0.356. The highest BCUT2D eigenvalue weighted by Crippen LogP contribution is 2.16. The molecule has 1 rings (SSSR count). The number of nitrogens with zero attached hydrogens (tertiary/aromatic N) is 1. The topological polar surface area (TPSA) is 29.5 Å². The zero-order chi connectivity index (χ0) is 11.3. The van der Waals surface area contributed by atoms with Gasteiger partial charge in [-0.05, 0) is 24.1 Å². The molecule has 0 N–H and O–H groups in total. The fourth-order valence-corrected chi connectivity index (χ4v) is 1.73. The second-order valence-corrected chi connectivity index (χ2v) is 3.93. The summed E-state index contributed by atoms with van der Waals surface area (Å²) in [5.74, 6) is 0. The van der Waals surface area contributed by atoms with Gasteiger partial charge in [0.2, 0.25) is 0 Å². The zero-order valence-corrected chi connectivity index (χ0v) is 10.5. The monoisotopic (exact) mass is 271 g/mol. The third-order valence-corrected chi connectivity index (χ3v) is 2.53. The van der Waals surface area contributed by atoms with Crippen molar-refractivity contribution < 1.29 is 9.53 Å². The summed E-state index contributed by atoms with van der Waals surface area (Å²) in [5.41, 5.74) is 2.04. The maximum absolute atomic E-state index is 11.3. The Hall–Kier alpha value is -1.03. The first-order valence-electron chi connectivity index (χ1n) is 4.65. The van der Waals surface area contributed by atoms with Crippen molar-refractivity contribution in [1.29, 1.82) is 0 Å². The Morgan fingerprint density at radius 1 is 1.53 bits per heavy atom. The number of halogens is 1. The van der Waals surface area contributed by atoms with Crippen LogP contribution in [0.1, 0.15) is 5.56 Å². The van der Waals surface area contributed by atoms with E-state index in [2.05, 4.69) is 20.7 Å². The van der Waals surface area contributed by atoms with Gasteiger partial charge in [-0.25, -0.2) is 4.79 Å². The summed E-state index contributed by atoms with van der Waals surface area (Å²) in [6, 6.07) is 7.84. The molecule has 82 valence electrons. The van der Waals surface area contributed by atoms with Crippen LogP contribution >= 0.6 is 15.9 Å². The van der Waals surface area contributed by atoms with E-state index in [1.54, 1.807) is 7.05 Å². The van der Waals surface area contributed by atoms with Crippen molar-refractivity contribution in [2.45, 2.75) is 6.42 Å². The lowest BCUT2D eigenvalue weighted by atomic mass is 10.1. The molecule has 0 aliphatic rings. The molecule has 0 aliphatic heterocycles. The smallest absolute Gasteiger partial charge is 0.413 e. The van der Waals surface area contributed by atoms with Gasteiger partial charge in [0.1, 0.15) is 0 Å². The first kappa shape index (κ1) is 12.0. The number of benzene rings is 1. The summed E-state index contributed by atoms with van der Waals surface area (Å²) in [6.45, 7) is 0. The van der Waals surface area contributed by atoms with Gasteiger partial charge in [0.15, 0.2) is 0 Å². The molecule has 0 spiro atoms. The van der Waals surface area contributed by atoms with Crippen LogP contribution in [-0.2, 0) is 11.2 Å². The van der Waals surface area contributed by atoms with E-state index in [1.165, 1.54) is 17.6 Å². The molecule has 0 unspecified atom stereocenters. The van der Waals surface area contributed by atoms with Crippen LogP contribution in [0, 0.1) is 0 Å². The number of alkyl halides is 1. The van der Waals surface area contributed by atoms with E-state index in [0.29, 0.717) is 0 Å². The number of anilines is 1. The highest BCUT2D eigenvalue weighted by molar-refractivity contribution is 9.09. The maximum Gasteiger partial charge on any atom is 0.413 e. The molecule has 0 aromatic heterocycles. The number of carbonyl (C=O) groups excluding carboxylic acids is 1. The van der Waals surface area contributed by atoms with E-state index in [9.17, 15) is 4.79 Å². The molecule has 3 nitrogen and oxygen atoms in total. The molecule has 0 atom stereocenters. The van der Waals surface area contributed by atoms with Crippen molar-refractivity contribution in [2.75, 3.05) is 24.4 Å². The Kier molecular flexibility index (Phi) is 4.62. The Bertz CT molecular complexity index is 341. The van der Waals surface area contributed by atoms with Gasteiger partial charge in [-0.1, -0.05) is 28.1 Å². The standard InChI is InChI=1S/C11H14BrNO2/c1-13(11(14)15-2)10-5-3-4-9(8-10)6-7-12/h3-5,8H,6-7H2,1-2H3. The summed E-state index contributed by atoms with van der Waals surface area (Å²) in [7, 11) is 3.07. The fraction of sp³-hybridized carbons (Fsp3) is 0.364. The van der Waals surface area contributed by atoms with E-state index >= 15 is 0 Å². The van der Waals surface area contributed by atoms with Crippen molar-refractivity contribution in [3.05, 3.63) is 29.8 Å². The summed E-state index contributed by atoms with van der Waals surface area (Å²) < 4.78 is 4.64. The zero-order valence-electron chi connectivity index (χ0n) is 8.87. The van der Waals surface area contributed by atoms with Crippen molar-refractivity contribution in [2.24, 2.45) is 0 Å². The second kappa shape index (κ2) is 5.75. The van der Waals surface area contributed by atoms with Crippen molar-refractivity contribution in [3.63, 3.8) is 0 Å². The predicted octanol–water partition coefficient (Wildman–Crippen LogP) is 2.83. The Labute approximate surface area is 98.2 Å². The summed E-state index contributed by atoms with van der Waals surface area (Å²) in [6.07, 6.45) is 0.592. The van der Waals surface area contributed by atoms with Crippen molar-refractivity contribution >= 4 is 27.7 Å². The highest BCUT2D eigenvalue weighted by Gasteiger charge is 2.10. The fourth-order valence-electron chi connectivity index (χ4n) is 1.27. The van der Waals surface area contributed by atoms with Crippen LogP contribution in [0.15, 0.2) is 24.3 Å². The summed E-state index contributed by atoms with van der Waals surface area (Å²) in [4.78, 5) is 12.8. The van der Waals surface area contributed by atoms with Crippen LogP contribution in [-0.4, -0.2) is 25.6 Å². The van der Waals surface area contributed by atoms with Crippen LogP contribution in [0.4, 0.5) is 10.5 Å². The van der Waals surface area contributed by atoms with Gasteiger partial charge in [0.05, 0.1) is 7.11 Å². The van der Waals surface area contributed by atoms with E-state index in [-0.39, 0.29) is 6.09 Å². The Morgan fingerprint density at radius 2 is 2.27 bits per heavy atom. The quantitative estimate of drug-likeness (QED) is 0.792. The molecule has 0 saturated carbocycles. The minimum absolute atomic E-state index is 0.356. The second-order valence-electron chi connectivity index (χ2n) is 3.14. The molecule has 4 heteroatoms. The average Bonchev–Trinajstić information content (AvgIpc) is 2.28. The molecule has 1 aromatic carbocycles. The minimum Gasteiger partial charge on any atom is -0.452 e. The molecule has 1 amide bonds. The SMILES string of the molecule is COC(=O)N(C)c1cccc(CCBr)c1. The average molecular weight is 272 g/mol. The molecule has 0 radical (unpaired) electrons. The largest absolute Gasteiger partial charge is 0.452 e. The summed E-state index contributed by atoms with van der Waals surface area (Å²) in [5, 5.41) is 0.915. The molecule has 0 aliphatic carbocycles. The molecule has 1 aromatic rings. The number of hydrogen-bond donors (Lipinski definition) is 0. The van der Waals surface area contributed by atoms with Gasteiger partial charge in [0.25, 0.3) is 0 Å². The third-order valence-electron chi connectivity index (χ3n) is 2.13. The van der Waals surface area contributed by atoms with Crippen molar-refractivity contribution in [1.82, 2.24) is 0 Å². The molecule has 0 bridgehead atoms. The number of methoxy groups -OCH3 is 1. The lowest BCUT2D eigenvalue weighted by Crippen LogP contribution is -2.25. The van der Waals surface area contributed by atoms with Gasteiger partial charge in [-0.2, -0.15) is 0 Å². The lowest BCUT2D eigenvalue weighted by molar-refractivity contribution is 0.180. The van der Waals surface area contributed by atoms with Crippen LogP contribution in [0.25, 0.3) is 0 Å². The number of amides is 1. The maximum atomic E-state index is 11.3. The van der Waals surface area contributed by atoms with Crippen LogP contribution in [0.5, 0.6) is 0 Å². The normalized spacial score (nSPS) is 9.80. The van der Waals surface area contributed by atoms with E-state index in [0.717, 1.165) is 17.4 Å². The molecule has 0 heterocycles. The number of ether oxygens (including phenoxy) is 1. The molecule has 0 saturated heterocycles. The first-order chi connectivity index (χ1) is 7.19. The number of aryl methyl sites for hydroxylation is 1. The van der Waals surface area contributed by atoms with Crippen LogP contribution in [0.2, 0.25) is 0 Å². The third kappa shape index (κ3) is 3.23. The first-order valence-corrected chi connectivity index (χ1v) is 5.77. The van der Waals surface area contributed by atoms with Gasteiger partial charge in [0, 0.05) is 18.1 Å². The number of carbonyl (C=O) groups is 1. The lowest BCUT2D eigenvalue weighted by Gasteiger charge is -2.16.